The van der Waals surface area contributed by atoms with Crippen LogP contribution in [0.4, 0.5) is 11.9 Å². The average Bonchev–Trinajstić information content (AvgIpc) is 2.99. The van der Waals surface area contributed by atoms with E-state index in [1.807, 2.05) is 18.4 Å². The molecule has 0 aromatic carbocycles. The van der Waals surface area contributed by atoms with Crippen molar-refractivity contribution in [2.24, 2.45) is 5.84 Å². The van der Waals surface area contributed by atoms with Gasteiger partial charge in [-0.3, -0.25) is 5.43 Å². The number of aromatic nitrogens is 3. The molecule has 0 aliphatic rings. The molecular weight excluding hydrogens is 276 g/mol. The Morgan fingerprint density at radius 2 is 2.10 bits per heavy atom. The fraction of sp³-hybridized carbons (Fsp3) is 0.417. The van der Waals surface area contributed by atoms with E-state index in [1.165, 1.54) is 4.88 Å². The minimum absolute atomic E-state index is 0.150. The van der Waals surface area contributed by atoms with Gasteiger partial charge in [0.25, 0.3) is 0 Å². The highest BCUT2D eigenvalue weighted by Crippen LogP contribution is 2.25. The third-order valence-corrected chi connectivity index (χ3v) is 3.60. The van der Waals surface area contributed by atoms with Gasteiger partial charge in [-0.2, -0.15) is 15.0 Å². The van der Waals surface area contributed by atoms with Crippen LogP contribution in [0.25, 0.3) is 0 Å². The zero-order valence-corrected chi connectivity index (χ0v) is 12.3. The molecule has 2 rings (SSSR count). The van der Waals surface area contributed by atoms with Gasteiger partial charge in [0.05, 0.1) is 12.6 Å². The van der Waals surface area contributed by atoms with Crippen molar-refractivity contribution in [2.45, 2.75) is 26.3 Å². The molecule has 1 atom stereocenters. The van der Waals surface area contributed by atoms with Crippen molar-refractivity contribution in [1.29, 1.82) is 0 Å². The lowest BCUT2D eigenvalue weighted by Crippen LogP contribution is -2.16. The number of nitrogen functional groups attached to an aromatic ring is 1. The second-order valence-electron chi connectivity index (χ2n) is 3.96. The van der Waals surface area contributed by atoms with Gasteiger partial charge >= 0.3 is 6.01 Å². The highest BCUT2D eigenvalue weighted by Gasteiger charge is 2.13. The lowest BCUT2D eigenvalue weighted by Gasteiger charge is -2.16. The van der Waals surface area contributed by atoms with Crippen LogP contribution in [0.15, 0.2) is 17.5 Å². The quantitative estimate of drug-likeness (QED) is 0.532. The summed E-state index contributed by atoms with van der Waals surface area (Å²) in [7, 11) is 0. The first-order chi connectivity index (χ1) is 9.76. The summed E-state index contributed by atoms with van der Waals surface area (Å²) in [4.78, 5) is 13.7. The number of hydrazine groups is 1. The number of nitrogens with zero attached hydrogens (tertiary/aromatic N) is 3. The maximum absolute atomic E-state index is 5.36. The third-order valence-electron chi connectivity index (χ3n) is 2.62. The molecule has 0 aliphatic carbocycles. The van der Waals surface area contributed by atoms with Crippen LogP contribution >= 0.6 is 11.3 Å². The standard InChI is InChI=1S/C12H18N6OS/c1-3-8(9-6-5-7-20-9)14-10-15-11(18-13)17-12(16-10)19-4-2/h5-8H,3-4,13H2,1-2H3,(H2,14,15,16,17,18). The third kappa shape index (κ3) is 3.55. The van der Waals surface area contributed by atoms with E-state index in [-0.39, 0.29) is 18.0 Å². The Kier molecular flexibility index (Phi) is 5.08. The molecule has 0 fully saturated rings. The average molecular weight is 294 g/mol. The van der Waals surface area contributed by atoms with Gasteiger partial charge in [0.15, 0.2) is 0 Å². The first-order valence-electron chi connectivity index (χ1n) is 6.42. The molecule has 0 amide bonds. The highest BCUT2D eigenvalue weighted by molar-refractivity contribution is 7.10. The minimum atomic E-state index is 0.150. The number of anilines is 2. The molecule has 108 valence electrons. The van der Waals surface area contributed by atoms with Crippen LogP contribution in [-0.4, -0.2) is 21.6 Å². The molecular formula is C12H18N6OS. The monoisotopic (exact) mass is 294 g/mol. The number of ether oxygens (including phenoxy) is 1. The summed E-state index contributed by atoms with van der Waals surface area (Å²) in [5, 5.41) is 5.32. The van der Waals surface area contributed by atoms with Crippen LogP contribution < -0.4 is 21.3 Å². The van der Waals surface area contributed by atoms with Gasteiger partial charge in [-0.15, -0.1) is 11.3 Å². The smallest absolute Gasteiger partial charge is 0.323 e. The van der Waals surface area contributed by atoms with Gasteiger partial charge in [0.1, 0.15) is 0 Å². The summed E-state index contributed by atoms with van der Waals surface area (Å²) < 4.78 is 5.30. The molecule has 1 unspecified atom stereocenters. The SMILES string of the molecule is CCOc1nc(NN)nc(NC(CC)c2cccs2)n1. The maximum Gasteiger partial charge on any atom is 0.323 e. The molecule has 20 heavy (non-hydrogen) atoms. The van der Waals surface area contributed by atoms with Gasteiger partial charge in [-0.05, 0) is 24.8 Å². The van der Waals surface area contributed by atoms with Gasteiger partial charge in [-0.25, -0.2) is 5.84 Å². The number of rotatable bonds is 7. The van der Waals surface area contributed by atoms with E-state index in [4.69, 9.17) is 10.6 Å². The molecule has 0 radical (unpaired) electrons. The normalized spacial score (nSPS) is 11.9. The van der Waals surface area contributed by atoms with E-state index in [1.54, 1.807) is 11.3 Å². The number of hydrogen-bond donors (Lipinski definition) is 3. The van der Waals surface area contributed by atoms with Crippen LogP contribution in [0, 0.1) is 0 Å². The second kappa shape index (κ2) is 7.01. The summed E-state index contributed by atoms with van der Waals surface area (Å²) in [6, 6.07) is 4.51. The van der Waals surface area contributed by atoms with Gasteiger partial charge in [0, 0.05) is 4.88 Å². The molecule has 0 saturated carbocycles. The predicted octanol–water partition coefficient (Wildman–Crippen LogP) is 2.18. The second-order valence-corrected chi connectivity index (χ2v) is 4.94. The van der Waals surface area contributed by atoms with E-state index < -0.39 is 0 Å². The van der Waals surface area contributed by atoms with Crippen LogP contribution in [0.5, 0.6) is 6.01 Å². The number of hydrogen-bond acceptors (Lipinski definition) is 8. The minimum Gasteiger partial charge on any atom is -0.464 e. The van der Waals surface area contributed by atoms with Crippen molar-refractivity contribution in [3.05, 3.63) is 22.4 Å². The van der Waals surface area contributed by atoms with Crippen LogP contribution in [0.2, 0.25) is 0 Å². The fourth-order valence-corrected chi connectivity index (χ4v) is 2.56. The first kappa shape index (κ1) is 14.5. The van der Waals surface area contributed by atoms with Crippen LogP contribution in [0.3, 0.4) is 0 Å². The molecule has 7 nitrogen and oxygen atoms in total. The molecule has 0 bridgehead atoms. The maximum atomic E-state index is 5.36. The van der Waals surface area contributed by atoms with Gasteiger partial charge < -0.3 is 10.1 Å². The lowest BCUT2D eigenvalue weighted by molar-refractivity contribution is 0.312. The molecule has 2 heterocycles. The molecule has 0 saturated heterocycles. The topological polar surface area (TPSA) is 98.0 Å². The van der Waals surface area contributed by atoms with E-state index in [9.17, 15) is 0 Å². The Hall–Kier alpha value is -1.93. The van der Waals surface area contributed by atoms with Gasteiger partial charge in [0.2, 0.25) is 11.9 Å². The van der Waals surface area contributed by atoms with Crippen LogP contribution in [0.1, 0.15) is 31.2 Å². The summed E-state index contributed by atoms with van der Waals surface area (Å²) in [5.41, 5.74) is 2.41. The molecule has 2 aromatic rings. The summed E-state index contributed by atoms with van der Waals surface area (Å²) in [6.07, 6.45) is 0.918. The Morgan fingerprint density at radius 3 is 2.70 bits per heavy atom. The zero-order chi connectivity index (χ0) is 14.4. The number of nitrogens with two attached hydrogens (primary N) is 1. The Labute approximate surface area is 121 Å². The van der Waals surface area contributed by atoms with Crippen molar-refractivity contribution in [3.63, 3.8) is 0 Å². The summed E-state index contributed by atoms with van der Waals surface area (Å²) in [5.74, 6) is 6.07. The van der Waals surface area contributed by atoms with E-state index in [2.05, 4.69) is 38.7 Å². The Balaban J connectivity index is 2.20. The summed E-state index contributed by atoms with van der Waals surface area (Å²) >= 11 is 1.69. The first-order valence-corrected chi connectivity index (χ1v) is 7.30. The fourth-order valence-electron chi connectivity index (χ4n) is 1.70. The lowest BCUT2D eigenvalue weighted by atomic mass is 10.2. The summed E-state index contributed by atoms with van der Waals surface area (Å²) in [6.45, 7) is 4.45. The predicted molar refractivity (Wildman–Crippen MR) is 79.8 cm³/mol. The molecule has 4 N–H and O–H groups in total. The Morgan fingerprint density at radius 1 is 1.30 bits per heavy atom. The van der Waals surface area contributed by atoms with E-state index in [0.717, 1.165) is 6.42 Å². The largest absolute Gasteiger partial charge is 0.464 e. The van der Waals surface area contributed by atoms with Crippen molar-refractivity contribution < 1.29 is 4.74 Å². The molecule has 8 heteroatoms. The van der Waals surface area contributed by atoms with Gasteiger partial charge in [-0.1, -0.05) is 13.0 Å². The van der Waals surface area contributed by atoms with Crippen molar-refractivity contribution in [1.82, 2.24) is 15.0 Å². The van der Waals surface area contributed by atoms with Crippen LogP contribution in [-0.2, 0) is 0 Å². The van der Waals surface area contributed by atoms with Crippen molar-refractivity contribution in [2.75, 3.05) is 17.3 Å². The molecule has 0 aliphatic heterocycles. The van der Waals surface area contributed by atoms with E-state index >= 15 is 0 Å². The molecule has 2 aromatic heterocycles. The zero-order valence-electron chi connectivity index (χ0n) is 11.5. The van der Waals surface area contributed by atoms with E-state index in [0.29, 0.717) is 12.6 Å². The van der Waals surface area contributed by atoms with Crippen molar-refractivity contribution >= 4 is 23.2 Å². The highest BCUT2D eigenvalue weighted by atomic mass is 32.1. The Bertz CT molecular complexity index is 533. The number of nitrogens with one attached hydrogen (secondary N) is 2. The van der Waals surface area contributed by atoms with Crippen molar-refractivity contribution in [3.8, 4) is 6.01 Å². The number of thiophene rings is 1. The molecule has 0 spiro atoms.